The molecule has 0 saturated heterocycles. The quantitative estimate of drug-likeness (QED) is 0.894. The summed E-state index contributed by atoms with van der Waals surface area (Å²) >= 11 is 0. The number of carbonyl (C=O) groups excluding carboxylic acids is 1. The second-order valence-corrected chi connectivity index (χ2v) is 5.61. The third-order valence-corrected chi connectivity index (χ3v) is 4.12. The van der Waals surface area contributed by atoms with Gasteiger partial charge in [-0.3, -0.25) is 4.79 Å². The van der Waals surface area contributed by atoms with Crippen molar-refractivity contribution in [3.05, 3.63) is 29.8 Å². The van der Waals surface area contributed by atoms with Crippen LogP contribution in [-0.4, -0.2) is 42.2 Å². The third kappa shape index (κ3) is 2.32. The number of likely N-dealkylation sites (N-methyl/N-ethyl adjacent to an activating group) is 1. The minimum atomic E-state index is -0.175. The Kier molecular flexibility index (Phi) is 3.19. The fourth-order valence-corrected chi connectivity index (χ4v) is 2.96. The van der Waals surface area contributed by atoms with Crippen molar-refractivity contribution >= 4 is 5.91 Å². The van der Waals surface area contributed by atoms with Crippen molar-refractivity contribution in [2.45, 2.75) is 24.9 Å². The third-order valence-electron chi connectivity index (χ3n) is 4.12. The molecular weight excluding hydrogens is 242 g/mol. The number of aliphatic hydroxyl groups excluding tert-OH is 1. The van der Waals surface area contributed by atoms with E-state index >= 15 is 0 Å². The lowest BCUT2D eigenvalue weighted by atomic mass is 9.82. The first-order valence-electron chi connectivity index (χ1n) is 6.80. The smallest absolute Gasteiger partial charge is 0.233 e. The number of aliphatic hydroxyl groups is 1. The van der Waals surface area contributed by atoms with Crippen LogP contribution < -0.4 is 4.74 Å². The molecule has 19 heavy (non-hydrogen) atoms. The summed E-state index contributed by atoms with van der Waals surface area (Å²) in [6.07, 6.45) is 1.47. The molecule has 1 atom stereocenters. The molecule has 102 valence electrons. The van der Waals surface area contributed by atoms with E-state index in [9.17, 15) is 9.90 Å². The minimum absolute atomic E-state index is 0.117. The first-order chi connectivity index (χ1) is 9.15. The van der Waals surface area contributed by atoms with Gasteiger partial charge in [0.1, 0.15) is 18.3 Å². The van der Waals surface area contributed by atoms with Crippen LogP contribution in [0.25, 0.3) is 0 Å². The molecule has 0 bridgehead atoms. The SMILES string of the molecule is CN(CC1CC(O)C1)C(=O)C1COc2ccccc21. The number of carbonyl (C=O) groups is 1. The highest BCUT2D eigenvalue weighted by Gasteiger charge is 2.34. The molecule has 1 aromatic carbocycles. The minimum Gasteiger partial charge on any atom is -0.492 e. The predicted molar refractivity (Wildman–Crippen MR) is 71.0 cm³/mol. The molecule has 2 aliphatic rings. The monoisotopic (exact) mass is 261 g/mol. The van der Waals surface area contributed by atoms with Gasteiger partial charge in [-0.05, 0) is 24.8 Å². The summed E-state index contributed by atoms with van der Waals surface area (Å²) in [5, 5.41) is 9.29. The first kappa shape index (κ1) is 12.5. The van der Waals surface area contributed by atoms with E-state index in [1.54, 1.807) is 4.90 Å². The van der Waals surface area contributed by atoms with Gasteiger partial charge in [-0.25, -0.2) is 0 Å². The molecule has 1 heterocycles. The molecule has 0 radical (unpaired) electrons. The Bertz CT molecular complexity index is 482. The highest BCUT2D eigenvalue weighted by Crippen LogP contribution is 2.35. The van der Waals surface area contributed by atoms with Crippen LogP contribution in [0.5, 0.6) is 5.75 Å². The normalized spacial score (nSPS) is 28.2. The number of fused-ring (bicyclic) bond motifs is 1. The summed E-state index contributed by atoms with van der Waals surface area (Å²) in [6, 6.07) is 7.73. The Hall–Kier alpha value is -1.55. The van der Waals surface area contributed by atoms with E-state index in [1.807, 2.05) is 31.3 Å². The highest BCUT2D eigenvalue weighted by molar-refractivity contribution is 5.85. The lowest BCUT2D eigenvalue weighted by Gasteiger charge is -2.35. The van der Waals surface area contributed by atoms with Crippen molar-refractivity contribution in [3.63, 3.8) is 0 Å². The molecule has 0 aromatic heterocycles. The molecule has 1 aromatic rings. The molecule has 1 aliphatic carbocycles. The van der Waals surface area contributed by atoms with E-state index < -0.39 is 0 Å². The van der Waals surface area contributed by atoms with E-state index in [1.165, 1.54) is 0 Å². The number of para-hydroxylation sites is 1. The van der Waals surface area contributed by atoms with Crippen LogP contribution in [0, 0.1) is 5.92 Å². The van der Waals surface area contributed by atoms with Crippen molar-refractivity contribution in [1.29, 1.82) is 0 Å². The van der Waals surface area contributed by atoms with Crippen LogP contribution in [0.4, 0.5) is 0 Å². The van der Waals surface area contributed by atoms with Gasteiger partial charge >= 0.3 is 0 Å². The van der Waals surface area contributed by atoms with Gasteiger partial charge in [0, 0.05) is 19.2 Å². The van der Waals surface area contributed by atoms with Crippen LogP contribution in [0.2, 0.25) is 0 Å². The summed E-state index contributed by atoms with van der Waals surface area (Å²) in [7, 11) is 1.84. The van der Waals surface area contributed by atoms with Crippen LogP contribution >= 0.6 is 0 Å². The second kappa shape index (κ2) is 4.85. The van der Waals surface area contributed by atoms with Crippen LogP contribution in [-0.2, 0) is 4.79 Å². The number of amides is 1. The fraction of sp³-hybridized carbons (Fsp3) is 0.533. The maximum atomic E-state index is 12.4. The topological polar surface area (TPSA) is 49.8 Å². The van der Waals surface area contributed by atoms with Gasteiger partial charge in [-0.2, -0.15) is 0 Å². The lowest BCUT2D eigenvalue weighted by molar-refractivity contribution is -0.133. The highest BCUT2D eigenvalue weighted by atomic mass is 16.5. The Morgan fingerprint density at radius 3 is 2.89 bits per heavy atom. The van der Waals surface area contributed by atoms with Crippen LogP contribution in [0.1, 0.15) is 24.3 Å². The van der Waals surface area contributed by atoms with E-state index in [0.717, 1.165) is 30.7 Å². The zero-order valence-electron chi connectivity index (χ0n) is 11.1. The van der Waals surface area contributed by atoms with E-state index in [-0.39, 0.29) is 17.9 Å². The zero-order chi connectivity index (χ0) is 13.4. The molecule has 4 nitrogen and oxygen atoms in total. The van der Waals surface area contributed by atoms with Gasteiger partial charge in [-0.1, -0.05) is 18.2 Å². The molecule has 1 unspecified atom stereocenters. The molecule has 0 spiro atoms. The largest absolute Gasteiger partial charge is 0.492 e. The number of benzene rings is 1. The molecule has 1 N–H and O–H groups in total. The Labute approximate surface area is 113 Å². The maximum absolute atomic E-state index is 12.4. The van der Waals surface area contributed by atoms with Gasteiger partial charge in [0.15, 0.2) is 0 Å². The average molecular weight is 261 g/mol. The first-order valence-corrected chi connectivity index (χ1v) is 6.80. The lowest BCUT2D eigenvalue weighted by Crippen LogP contribution is -2.41. The number of nitrogens with zero attached hydrogens (tertiary/aromatic N) is 1. The van der Waals surface area contributed by atoms with E-state index in [2.05, 4.69) is 0 Å². The molecule has 3 rings (SSSR count). The summed E-state index contributed by atoms with van der Waals surface area (Å²) < 4.78 is 5.56. The van der Waals surface area contributed by atoms with Crippen molar-refractivity contribution in [3.8, 4) is 5.75 Å². The standard InChI is InChI=1S/C15H19NO3/c1-16(8-10-6-11(17)7-10)15(18)13-9-19-14-5-3-2-4-12(13)14/h2-5,10-11,13,17H,6-9H2,1H3. The molecular formula is C15H19NO3. The van der Waals surface area contributed by atoms with Crippen molar-refractivity contribution < 1.29 is 14.6 Å². The van der Waals surface area contributed by atoms with Crippen molar-refractivity contribution in [1.82, 2.24) is 4.90 Å². The van der Waals surface area contributed by atoms with Gasteiger partial charge in [0.2, 0.25) is 5.91 Å². The summed E-state index contributed by atoms with van der Waals surface area (Å²) in [5.41, 5.74) is 0.994. The molecule has 1 amide bonds. The summed E-state index contributed by atoms with van der Waals surface area (Å²) in [6.45, 7) is 1.17. The maximum Gasteiger partial charge on any atom is 0.233 e. The molecule has 1 saturated carbocycles. The predicted octanol–water partition coefficient (Wildman–Crippen LogP) is 1.39. The van der Waals surface area contributed by atoms with E-state index in [0.29, 0.717) is 12.5 Å². The number of hydrogen-bond acceptors (Lipinski definition) is 3. The fourth-order valence-electron chi connectivity index (χ4n) is 2.96. The van der Waals surface area contributed by atoms with Gasteiger partial charge in [-0.15, -0.1) is 0 Å². The van der Waals surface area contributed by atoms with Crippen LogP contribution in [0.3, 0.4) is 0 Å². The average Bonchev–Trinajstić information content (AvgIpc) is 2.79. The Morgan fingerprint density at radius 2 is 2.16 bits per heavy atom. The van der Waals surface area contributed by atoms with Gasteiger partial charge < -0.3 is 14.7 Å². The van der Waals surface area contributed by atoms with Gasteiger partial charge in [0.05, 0.1) is 6.10 Å². The summed E-state index contributed by atoms with van der Waals surface area (Å²) in [4.78, 5) is 14.2. The number of ether oxygens (including phenoxy) is 1. The van der Waals surface area contributed by atoms with Gasteiger partial charge in [0.25, 0.3) is 0 Å². The number of hydrogen-bond donors (Lipinski definition) is 1. The Morgan fingerprint density at radius 1 is 1.42 bits per heavy atom. The van der Waals surface area contributed by atoms with Crippen molar-refractivity contribution in [2.75, 3.05) is 20.2 Å². The summed E-state index contributed by atoms with van der Waals surface area (Å²) in [5.74, 6) is 1.22. The van der Waals surface area contributed by atoms with Crippen LogP contribution in [0.15, 0.2) is 24.3 Å². The second-order valence-electron chi connectivity index (χ2n) is 5.61. The molecule has 4 heteroatoms. The van der Waals surface area contributed by atoms with Crippen molar-refractivity contribution in [2.24, 2.45) is 5.92 Å². The molecule has 1 aliphatic heterocycles. The van der Waals surface area contributed by atoms with E-state index in [4.69, 9.17) is 4.74 Å². The molecule has 1 fully saturated rings. The number of rotatable bonds is 3. The Balaban J connectivity index is 1.64. The zero-order valence-corrected chi connectivity index (χ0v) is 11.1.